The first kappa shape index (κ1) is 12.8. The molecule has 1 aromatic heterocycles. The molecule has 0 spiro atoms. The highest BCUT2D eigenvalue weighted by molar-refractivity contribution is 9.10. The molecule has 19 heavy (non-hydrogen) atoms. The molecule has 1 unspecified atom stereocenters. The van der Waals surface area contributed by atoms with Crippen molar-refractivity contribution in [1.82, 2.24) is 5.32 Å². The van der Waals surface area contributed by atoms with Crippen LogP contribution in [0.25, 0.3) is 11.0 Å². The van der Waals surface area contributed by atoms with Crippen LogP contribution < -0.4 is 5.32 Å². The summed E-state index contributed by atoms with van der Waals surface area (Å²) in [7, 11) is 0. The zero-order valence-electron chi connectivity index (χ0n) is 10.3. The molecule has 2 heterocycles. The molecule has 0 aliphatic carbocycles. The number of rotatable bonds is 3. The Morgan fingerprint density at radius 2 is 2.32 bits per heavy atom. The lowest BCUT2D eigenvalue weighted by Gasteiger charge is -2.22. The Morgan fingerprint density at radius 1 is 1.42 bits per heavy atom. The van der Waals surface area contributed by atoms with Crippen molar-refractivity contribution >= 4 is 32.7 Å². The predicted molar refractivity (Wildman–Crippen MR) is 75.5 cm³/mol. The third kappa shape index (κ3) is 2.88. The largest absolute Gasteiger partial charge is 0.453 e. The number of nitrogens with one attached hydrogen (secondary N) is 1. The number of morpholine rings is 1. The first-order chi connectivity index (χ1) is 9.22. The average molecular weight is 324 g/mol. The van der Waals surface area contributed by atoms with Crippen LogP contribution >= 0.6 is 15.9 Å². The van der Waals surface area contributed by atoms with Gasteiger partial charge in [0.15, 0.2) is 11.5 Å². The van der Waals surface area contributed by atoms with Gasteiger partial charge in [-0.25, -0.2) is 0 Å². The number of Topliss-reactive ketones (excluding diaryl/α,β-unsaturated/α-hetero) is 1. The molecular formula is C14H14BrNO3. The molecule has 2 aromatic rings. The molecule has 0 saturated carbocycles. The van der Waals surface area contributed by atoms with Gasteiger partial charge in [-0.05, 0) is 24.3 Å². The van der Waals surface area contributed by atoms with Gasteiger partial charge in [0.25, 0.3) is 0 Å². The van der Waals surface area contributed by atoms with Crippen molar-refractivity contribution in [2.45, 2.75) is 12.5 Å². The number of ketones is 1. The molecule has 1 aliphatic heterocycles. The maximum Gasteiger partial charge on any atom is 0.199 e. The van der Waals surface area contributed by atoms with E-state index in [1.165, 1.54) is 0 Å². The molecule has 0 amide bonds. The number of halogens is 1. The predicted octanol–water partition coefficient (Wildman–Crippen LogP) is 2.76. The van der Waals surface area contributed by atoms with Crippen molar-refractivity contribution in [3.05, 3.63) is 34.5 Å². The van der Waals surface area contributed by atoms with E-state index in [2.05, 4.69) is 21.2 Å². The Bertz CT molecular complexity index is 602. The standard InChI is InChI=1S/C14H14BrNO3/c15-10-1-2-13-9(5-10)6-14(19-13)12(17)7-11-8-18-4-3-16-11/h1-2,5-6,11,16H,3-4,7-8H2. The van der Waals surface area contributed by atoms with Gasteiger partial charge in [-0.1, -0.05) is 15.9 Å². The van der Waals surface area contributed by atoms with Gasteiger partial charge in [0.05, 0.1) is 13.2 Å². The van der Waals surface area contributed by atoms with E-state index in [0.717, 1.165) is 22.0 Å². The lowest BCUT2D eigenvalue weighted by molar-refractivity contribution is 0.0666. The Hall–Kier alpha value is -1.17. The van der Waals surface area contributed by atoms with Crippen LogP contribution in [0.15, 0.2) is 33.2 Å². The fourth-order valence-electron chi connectivity index (χ4n) is 2.23. The summed E-state index contributed by atoms with van der Waals surface area (Å²) in [5, 5.41) is 4.20. The monoisotopic (exact) mass is 323 g/mol. The number of hydrogen-bond acceptors (Lipinski definition) is 4. The molecule has 1 atom stereocenters. The number of carbonyl (C=O) groups excluding carboxylic acids is 1. The SMILES string of the molecule is O=C(CC1COCCN1)c1cc2cc(Br)ccc2o1. The van der Waals surface area contributed by atoms with Gasteiger partial charge >= 0.3 is 0 Å². The first-order valence-corrected chi connectivity index (χ1v) is 7.05. The zero-order valence-corrected chi connectivity index (χ0v) is 11.9. The molecule has 1 fully saturated rings. The number of fused-ring (bicyclic) bond motifs is 1. The van der Waals surface area contributed by atoms with Crippen LogP contribution in [0, 0.1) is 0 Å². The van der Waals surface area contributed by atoms with Gasteiger partial charge in [0.2, 0.25) is 0 Å². The maximum atomic E-state index is 12.2. The second kappa shape index (κ2) is 5.45. The number of furan rings is 1. The molecule has 1 aliphatic rings. The average Bonchev–Trinajstić information content (AvgIpc) is 2.83. The summed E-state index contributed by atoms with van der Waals surface area (Å²) in [6.45, 7) is 2.09. The van der Waals surface area contributed by atoms with Crippen molar-refractivity contribution in [3.8, 4) is 0 Å². The molecule has 1 aromatic carbocycles. The van der Waals surface area contributed by atoms with Crippen molar-refractivity contribution in [1.29, 1.82) is 0 Å². The fraction of sp³-hybridized carbons (Fsp3) is 0.357. The van der Waals surface area contributed by atoms with Crippen LogP contribution in [0.1, 0.15) is 17.0 Å². The molecule has 100 valence electrons. The maximum absolute atomic E-state index is 12.2. The smallest absolute Gasteiger partial charge is 0.199 e. The Balaban J connectivity index is 1.77. The summed E-state index contributed by atoms with van der Waals surface area (Å²) in [4.78, 5) is 12.2. The molecule has 4 nitrogen and oxygen atoms in total. The van der Waals surface area contributed by atoms with Gasteiger partial charge in [-0.15, -0.1) is 0 Å². The van der Waals surface area contributed by atoms with Crippen LogP contribution in [0.4, 0.5) is 0 Å². The molecule has 1 saturated heterocycles. The van der Waals surface area contributed by atoms with E-state index in [1.807, 2.05) is 18.2 Å². The van der Waals surface area contributed by atoms with Gasteiger partial charge < -0.3 is 14.5 Å². The number of ether oxygens (including phenoxy) is 1. The van der Waals surface area contributed by atoms with Gasteiger partial charge in [-0.2, -0.15) is 0 Å². The fourth-order valence-corrected chi connectivity index (χ4v) is 2.61. The highest BCUT2D eigenvalue weighted by Gasteiger charge is 2.20. The molecule has 3 rings (SSSR count). The van der Waals surface area contributed by atoms with Gasteiger partial charge in [-0.3, -0.25) is 4.79 Å². The van der Waals surface area contributed by atoms with E-state index in [-0.39, 0.29) is 11.8 Å². The zero-order chi connectivity index (χ0) is 13.2. The highest BCUT2D eigenvalue weighted by atomic mass is 79.9. The van der Waals surface area contributed by atoms with Crippen molar-refractivity contribution in [3.63, 3.8) is 0 Å². The van der Waals surface area contributed by atoms with Crippen LogP contribution in [0.3, 0.4) is 0 Å². The quantitative estimate of drug-likeness (QED) is 0.882. The van der Waals surface area contributed by atoms with Crippen molar-refractivity contribution in [2.24, 2.45) is 0 Å². The van der Waals surface area contributed by atoms with E-state index in [1.54, 1.807) is 6.07 Å². The Morgan fingerprint density at radius 3 is 3.11 bits per heavy atom. The summed E-state index contributed by atoms with van der Waals surface area (Å²) in [6, 6.07) is 7.58. The first-order valence-electron chi connectivity index (χ1n) is 6.26. The topological polar surface area (TPSA) is 51.5 Å². The Labute approximate surface area is 119 Å². The third-order valence-electron chi connectivity index (χ3n) is 3.18. The molecular weight excluding hydrogens is 310 g/mol. The third-order valence-corrected chi connectivity index (χ3v) is 3.68. The summed E-state index contributed by atoms with van der Waals surface area (Å²) >= 11 is 3.41. The van der Waals surface area contributed by atoms with E-state index >= 15 is 0 Å². The summed E-state index contributed by atoms with van der Waals surface area (Å²) in [5.74, 6) is 0.427. The minimum Gasteiger partial charge on any atom is -0.453 e. The normalized spacial score (nSPS) is 19.7. The van der Waals surface area contributed by atoms with Crippen LogP contribution in [-0.4, -0.2) is 31.6 Å². The molecule has 0 radical (unpaired) electrons. The minimum atomic E-state index is 0.00956. The minimum absolute atomic E-state index is 0.00956. The lowest BCUT2D eigenvalue weighted by Crippen LogP contribution is -2.42. The second-order valence-corrected chi connectivity index (χ2v) is 5.56. The van der Waals surface area contributed by atoms with E-state index < -0.39 is 0 Å². The van der Waals surface area contributed by atoms with Crippen LogP contribution in [-0.2, 0) is 4.74 Å². The number of hydrogen-bond donors (Lipinski definition) is 1. The van der Waals surface area contributed by atoms with Crippen molar-refractivity contribution < 1.29 is 13.9 Å². The number of carbonyl (C=O) groups is 1. The van der Waals surface area contributed by atoms with Crippen LogP contribution in [0.5, 0.6) is 0 Å². The molecule has 0 bridgehead atoms. The molecule has 1 N–H and O–H groups in total. The van der Waals surface area contributed by atoms with E-state index in [0.29, 0.717) is 25.4 Å². The summed E-state index contributed by atoms with van der Waals surface area (Å²) in [6.07, 6.45) is 0.404. The highest BCUT2D eigenvalue weighted by Crippen LogP contribution is 2.24. The van der Waals surface area contributed by atoms with Gasteiger partial charge in [0.1, 0.15) is 5.58 Å². The van der Waals surface area contributed by atoms with Crippen molar-refractivity contribution in [2.75, 3.05) is 19.8 Å². The summed E-state index contributed by atoms with van der Waals surface area (Å²) < 4.78 is 11.9. The van der Waals surface area contributed by atoms with E-state index in [4.69, 9.17) is 9.15 Å². The lowest BCUT2D eigenvalue weighted by atomic mass is 10.1. The Kier molecular flexibility index (Phi) is 3.68. The van der Waals surface area contributed by atoms with Gasteiger partial charge in [0, 0.05) is 28.9 Å². The second-order valence-electron chi connectivity index (χ2n) is 4.65. The summed E-state index contributed by atoms with van der Waals surface area (Å²) in [5.41, 5.74) is 0.736. The number of benzene rings is 1. The van der Waals surface area contributed by atoms with Crippen LogP contribution in [0.2, 0.25) is 0 Å². The molecule has 5 heteroatoms. The van der Waals surface area contributed by atoms with E-state index in [9.17, 15) is 4.79 Å².